The fraction of sp³-hybridized carbons (Fsp3) is 0.471. The number of carbonyl (C=O) groups is 2. The number of alkyl halides is 3. The van der Waals surface area contributed by atoms with E-state index in [0.717, 1.165) is 10.8 Å². The zero-order valence-electron chi connectivity index (χ0n) is 15.4. The molecule has 1 atom stereocenters. The monoisotopic (exact) mass is 386 g/mol. The van der Waals surface area contributed by atoms with Crippen LogP contribution in [0.5, 0.6) is 0 Å². The third kappa shape index (κ3) is 3.75. The molecule has 0 unspecified atom stereocenters. The van der Waals surface area contributed by atoms with Crippen LogP contribution in [0.3, 0.4) is 0 Å². The van der Waals surface area contributed by atoms with E-state index in [9.17, 15) is 27.9 Å². The number of aliphatic hydroxyl groups is 1. The number of carbonyl (C=O) groups excluding carboxylic acids is 2. The van der Waals surface area contributed by atoms with Crippen LogP contribution in [0.4, 0.5) is 13.2 Å². The molecule has 0 aliphatic carbocycles. The van der Waals surface area contributed by atoms with Crippen LogP contribution < -0.4 is 5.32 Å². The minimum Gasteiger partial charge on any atom is -0.374 e. The molecule has 2 rings (SSSR count). The highest BCUT2D eigenvalue weighted by molar-refractivity contribution is 6.02. The molecule has 0 bridgehead atoms. The maximum absolute atomic E-state index is 13.4. The average molecular weight is 386 g/mol. The number of aryl methyl sites for hydroxylation is 2. The predicted molar refractivity (Wildman–Crippen MR) is 90.4 cm³/mol. The Morgan fingerprint density at radius 1 is 1.33 bits per heavy atom. The van der Waals surface area contributed by atoms with Gasteiger partial charge in [0, 0.05) is 43.7 Å². The lowest BCUT2D eigenvalue weighted by Gasteiger charge is -2.29. The fourth-order valence-electron chi connectivity index (χ4n) is 3.09. The first-order chi connectivity index (χ1) is 12.4. The highest BCUT2D eigenvalue weighted by Gasteiger charge is 2.57. The number of aromatic amines is 1. The van der Waals surface area contributed by atoms with Crippen LogP contribution in [-0.2, 0) is 12.6 Å². The van der Waals surface area contributed by atoms with Crippen molar-refractivity contribution in [3.8, 4) is 0 Å². The molecular weight excluding hydrogens is 365 g/mol. The molecule has 1 amide bonds. The van der Waals surface area contributed by atoms with E-state index in [4.69, 9.17) is 0 Å². The van der Waals surface area contributed by atoms with Gasteiger partial charge in [0.15, 0.2) is 5.78 Å². The van der Waals surface area contributed by atoms with Gasteiger partial charge < -0.3 is 20.0 Å². The standard InChI is InChI=1S/C17H21F3N4O3/c1-9-12(11(3)25)10(2)23-13(9)14(26)21-6-5-16(27,17(18,19)20)15-22-7-8-24(15)4/h7-8,23,27H,5-6H2,1-4H3,(H,21,26)/t16-/m1/s1. The molecule has 0 spiro atoms. The highest BCUT2D eigenvalue weighted by Crippen LogP contribution is 2.40. The number of hydrogen-bond donors (Lipinski definition) is 3. The van der Waals surface area contributed by atoms with Crippen molar-refractivity contribution in [3.63, 3.8) is 0 Å². The van der Waals surface area contributed by atoms with Gasteiger partial charge in [0.2, 0.25) is 5.60 Å². The van der Waals surface area contributed by atoms with Crippen molar-refractivity contribution in [3.05, 3.63) is 40.7 Å². The molecular formula is C17H21F3N4O3. The van der Waals surface area contributed by atoms with Gasteiger partial charge in [-0.2, -0.15) is 13.2 Å². The second-order valence-corrected chi connectivity index (χ2v) is 6.41. The second kappa shape index (κ2) is 7.18. The highest BCUT2D eigenvalue weighted by atomic mass is 19.4. The minimum absolute atomic E-state index is 0.102. The number of hydrogen-bond acceptors (Lipinski definition) is 4. The number of Topliss-reactive ketones (excluding diaryl/α,β-unsaturated/α-hetero) is 1. The number of aromatic nitrogens is 3. The molecule has 3 N–H and O–H groups in total. The minimum atomic E-state index is -4.97. The molecule has 148 valence electrons. The zero-order chi connectivity index (χ0) is 20.6. The van der Waals surface area contributed by atoms with E-state index in [1.165, 1.54) is 20.2 Å². The molecule has 7 nitrogen and oxygen atoms in total. The van der Waals surface area contributed by atoms with E-state index >= 15 is 0 Å². The first kappa shape index (κ1) is 20.7. The summed E-state index contributed by atoms with van der Waals surface area (Å²) in [5, 5.41) is 12.6. The van der Waals surface area contributed by atoms with Crippen molar-refractivity contribution < 1.29 is 27.9 Å². The Morgan fingerprint density at radius 3 is 2.41 bits per heavy atom. The van der Waals surface area contributed by atoms with Gasteiger partial charge >= 0.3 is 6.18 Å². The predicted octanol–water partition coefficient (Wildman–Crippen LogP) is 2.14. The Bertz CT molecular complexity index is 869. The van der Waals surface area contributed by atoms with Gasteiger partial charge in [-0.1, -0.05) is 0 Å². The summed E-state index contributed by atoms with van der Waals surface area (Å²) in [4.78, 5) is 30.3. The molecule has 27 heavy (non-hydrogen) atoms. The van der Waals surface area contributed by atoms with Gasteiger partial charge in [0.1, 0.15) is 11.5 Å². The van der Waals surface area contributed by atoms with E-state index in [1.54, 1.807) is 13.8 Å². The summed E-state index contributed by atoms with van der Waals surface area (Å²) in [7, 11) is 1.34. The molecule has 0 radical (unpaired) electrons. The summed E-state index contributed by atoms with van der Waals surface area (Å²) in [6, 6.07) is 0. The number of halogens is 3. The Hall–Kier alpha value is -2.62. The molecule has 0 saturated carbocycles. The van der Waals surface area contributed by atoms with Gasteiger partial charge in [-0.25, -0.2) is 4.98 Å². The number of nitrogens with one attached hydrogen (secondary N) is 2. The molecule has 10 heteroatoms. The lowest BCUT2D eigenvalue weighted by Crippen LogP contribution is -2.46. The van der Waals surface area contributed by atoms with Crippen molar-refractivity contribution in [1.82, 2.24) is 19.9 Å². The number of nitrogens with zero attached hydrogens (tertiary/aromatic N) is 2. The molecule has 2 aromatic heterocycles. The number of ketones is 1. The van der Waals surface area contributed by atoms with E-state index in [2.05, 4.69) is 15.3 Å². The van der Waals surface area contributed by atoms with E-state index in [1.807, 2.05) is 0 Å². The second-order valence-electron chi connectivity index (χ2n) is 6.41. The van der Waals surface area contributed by atoms with Gasteiger partial charge in [0.05, 0.1) is 0 Å². The maximum Gasteiger partial charge on any atom is 0.424 e. The third-order valence-corrected chi connectivity index (χ3v) is 4.45. The van der Waals surface area contributed by atoms with Crippen molar-refractivity contribution in [1.29, 1.82) is 0 Å². The van der Waals surface area contributed by atoms with E-state index in [0.29, 0.717) is 16.8 Å². The third-order valence-electron chi connectivity index (χ3n) is 4.45. The van der Waals surface area contributed by atoms with Crippen LogP contribution in [0.25, 0.3) is 0 Å². The molecule has 0 saturated heterocycles. The molecule has 0 aliphatic heterocycles. The lowest BCUT2D eigenvalue weighted by atomic mass is 9.97. The summed E-state index contributed by atoms with van der Waals surface area (Å²) < 4.78 is 41.4. The van der Waals surface area contributed by atoms with Gasteiger partial charge in [-0.15, -0.1) is 0 Å². The zero-order valence-corrected chi connectivity index (χ0v) is 15.4. The smallest absolute Gasteiger partial charge is 0.374 e. The van der Waals surface area contributed by atoms with Crippen LogP contribution in [0.2, 0.25) is 0 Å². The van der Waals surface area contributed by atoms with Crippen LogP contribution in [-0.4, -0.2) is 44.1 Å². The van der Waals surface area contributed by atoms with Crippen molar-refractivity contribution in [2.75, 3.05) is 6.54 Å². The summed E-state index contributed by atoms with van der Waals surface area (Å²) in [5.41, 5.74) is -1.80. The van der Waals surface area contributed by atoms with Crippen LogP contribution >= 0.6 is 0 Å². The van der Waals surface area contributed by atoms with Crippen LogP contribution in [0, 0.1) is 13.8 Å². The summed E-state index contributed by atoms with van der Waals surface area (Å²) in [6.45, 7) is 4.12. The number of rotatable bonds is 6. The number of imidazole rings is 1. The average Bonchev–Trinajstić information content (AvgIpc) is 3.09. The van der Waals surface area contributed by atoms with Gasteiger partial charge in [-0.05, 0) is 26.3 Å². The first-order valence-corrected chi connectivity index (χ1v) is 8.15. The van der Waals surface area contributed by atoms with Gasteiger partial charge in [0.25, 0.3) is 5.91 Å². The number of amides is 1. The van der Waals surface area contributed by atoms with Gasteiger partial charge in [-0.3, -0.25) is 9.59 Å². The number of H-pyrrole nitrogens is 1. The Kier molecular flexibility index (Phi) is 5.50. The molecule has 0 fully saturated rings. The largest absolute Gasteiger partial charge is 0.424 e. The lowest BCUT2D eigenvalue weighted by molar-refractivity contribution is -0.272. The normalized spacial score (nSPS) is 14.1. The molecule has 0 aliphatic rings. The molecule has 2 aromatic rings. The van der Waals surface area contributed by atoms with E-state index < -0.39 is 36.5 Å². The summed E-state index contributed by atoms with van der Waals surface area (Å²) in [5.74, 6) is -1.44. The van der Waals surface area contributed by atoms with Crippen molar-refractivity contribution in [2.24, 2.45) is 7.05 Å². The van der Waals surface area contributed by atoms with Crippen LogP contribution in [0.1, 0.15) is 51.3 Å². The SMILES string of the molecule is CC(=O)c1c(C)[nH]c(C(=O)NCC[C@@](O)(c2nccn2C)C(F)(F)F)c1C. The Morgan fingerprint density at radius 2 is 1.96 bits per heavy atom. The Balaban J connectivity index is 2.17. The maximum atomic E-state index is 13.4. The summed E-state index contributed by atoms with van der Waals surface area (Å²) >= 11 is 0. The van der Waals surface area contributed by atoms with Crippen LogP contribution in [0.15, 0.2) is 12.4 Å². The van der Waals surface area contributed by atoms with Crippen molar-refractivity contribution in [2.45, 2.75) is 39.0 Å². The first-order valence-electron chi connectivity index (χ1n) is 8.15. The topological polar surface area (TPSA) is 100 Å². The van der Waals surface area contributed by atoms with Crippen molar-refractivity contribution >= 4 is 11.7 Å². The van der Waals surface area contributed by atoms with E-state index in [-0.39, 0.29) is 11.5 Å². The molecule has 0 aromatic carbocycles. The molecule has 2 heterocycles. The fourth-order valence-corrected chi connectivity index (χ4v) is 3.09. The Labute approximate surface area is 153 Å². The summed E-state index contributed by atoms with van der Waals surface area (Å²) in [6.07, 6.45) is -3.35. The quantitative estimate of drug-likeness (QED) is 0.662.